The number of nitrogens with one attached hydrogen (secondary N) is 4. The molecule has 15 heteroatoms. The number of urea groups is 1. The molecule has 0 aliphatic carbocycles. The highest BCUT2D eigenvalue weighted by molar-refractivity contribution is 6.27. The van der Waals surface area contributed by atoms with E-state index in [-0.39, 0.29) is 38.2 Å². The first-order valence-electron chi connectivity index (χ1n) is 16.6. The lowest BCUT2D eigenvalue weighted by atomic mass is 9.96. The summed E-state index contributed by atoms with van der Waals surface area (Å²) in [6.07, 6.45) is 4.15. The van der Waals surface area contributed by atoms with Gasteiger partial charge in [-0.1, -0.05) is 48.5 Å². The fraction of sp³-hybridized carbons (Fsp3) is 0.429. The zero-order chi connectivity index (χ0) is 36.2. The number of aromatic amines is 1. The minimum absolute atomic E-state index is 0.0700. The molecule has 268 valence electrons. The number of carbonyl (C=O) groups is 6. The van der Waals surface area contributed by atoms with Gasteiger partial charge in [-0.3, -0.25) is 24.0 Å². The highest BCUT2D eigenvalue weighted by atomic mass is 35.5. The van der Waals surface area contributed by atoms with Crippen molar-refractivity contribution in [3.63, 3.8) is 0 Å². The predicted octanol–water partition coefficient (Wildman–Crippen LogP) is 1.30. The number of benzene rings is 2. The van der Waals surface area contributed by atoms with Crippen LogP contribution in [0.3, 0.4) is 0 Å². The summed E-state index contributed by atoms with van der Waals surface area (Å²) in [7, 11) is 1.52. The van der Waals surface area contributed by atoms with Crippen LogP contribution in [0.2, 0.25) is 0 Å². The van der Waals surface area contributed by atoms with Crippen molar-refractivity contribution in [2.45, 2.75) is 69.1 Å². The van der Waals surface area contributed by atoms with Crippen LogP contribution in [0, 0.1) is 0 Å². The number of para-hydroxylation sites is 1. The fourth-order valence-electron chi connectivity index (χ4n) is 6.23. The summed E-state index contributed by atoms with van der Waals surface area (Å²) in [6, 6.07) is 12.0. The Hall–Kier alpha value is -5.11. The number of rotatable bonds is 16. The standard InChI is InChI=1S/C35H45ClN8O6/c1-43(30(45)20-36)29(18-22-10-3-2-4-11-22)34(49)44-17-8-7-15-28(44)33(48)42-27(19-23-21-40-25-13-6-5-12-24(23)25)32(47)41-26(31(37)46)14-9-16-39-35(38)50/h2-6,10-13,21,26-29,40H,7-9,14-20H2,1H3,(H2,37,46)(H,41,47)(H,42,48)(H3,38,39,50). The van der Waals surface area contributed by atoms with Crippen molar-refractivity contribution in [2.24, 2.45) is 11.5 Å². The van der Waals surface area contributed by atoms with Gasteiger partial charge < -0.3 is 42.2 Å². The Morgan fingerprint density at radius 1 is 0.960 bits per heavy atom. The Morgan fingerprint density at radius 3 is 2.38 bits per heavy atom. The molecule has 4 unspecified atom stereocenters. The maximum absolute atomic E-state index is 14.2. The van der Waals surface area contributed by atoms with Crippen molar-refractivity contribution in [1.29, 1.82) is 0 Å². The fourth-order valence-corrected chi connectivity index (χ4v) is 6.42. The van der Waals surface area contributed by atoms with Crippen LogP contribution in [0.1, 0.15) is 43.2 Å². The molecular formula is C35H45ClN8O6. The van der Waals surface area contributed by atoms with E-state index >= 15 is 0 Å². The number of H-pyrrole nitrogens is 1. The second-order valence-electron chi connectivity index (χ2n) is 12.4. The van der Waals surface area contributed by atoms with Crippen molar-refractivity contribution in [1.82, 2.24) is 30.7 Å². The number of likely N-dealkylation sites (tertiary alicyclic amines) is 1. The smallest absolute Gasteiger partial charge is 0.312 e. The minimum atomic E-state index is -1.15. The molecule has 1 aromatic heterocycles. The zero-order valence-corrected chi connectivity index (χ0v) is 28.8. The Morgan fingerprint density at radius 2 is 1.68 bits per heavy atom. The van der Waals surface area contributed by atoms with Crippen LogP contribution in [0.15, 0.2) is 60.8 Å². The summed E-state index contributed by atoms with van der Waals surface area (Å²) in [5.74, 6) is -3.09. The lowest BCUT2D eigenvalue weighted by Crippen LogP contribution is -2.61. The number of hydrogen-bond donors (Lipinski definition) is 6. The van der Waals surface area contributed by atoms with Gasteiger partial charge in [0.15, 0.2) is 0 Å². The first-order valence-corrected chi connectivity index (χ1v) is 17.2. The van der Waals surface area contributed by atoms with Crippen LogP contribution >= 0.6 is 11.6 Å². The lowest BCUT2D eigenvalue weighted by molar-refractivity contribution is -0.150. The van der Waals surface area contributed by atoms with E-state index in [0.717, 1.165) is 22.0 Å². The first kappa shape index (κ1) is 37.7. The number of alkyl halides is 1. The van der Waals surface area contributed by atoms with E-state index in [1.807, 2.05) is 54.6 Å². The van der Waals surface area contributed by atoms with Crippen molar-refractivity contribution in [3.8, 4) is 0 Å². The molecule has 8 N–H and O–H groups in total. The molecule has 14 nitrogen and oxygen atoms in total. The molecule has 4 rings (SSSR count). The molecule has 1 aliphatic rings. The Bertz CT molecular complexity index is 1670. The van der Waals surface area contributed by atoms with Gasteiger partial charge in [-0.2, -0.15) is 0 Å². The van der Waals surface area contributed by atoms with E-state index in [0.29, 0.717) is 25.7 Å². The number of amides is 7. The third kappa shape index (κ3) is 9.97. The first-order chi connectivity index (χ1) is 24.0. The SMILES string of the molecule is CN(C(=O)CCl)C(Cc1ccccc1)C(=O)N1CCCCC1C(=O)NC(Cc1c[nH]c2ccccc12)C(=O)NC(CCCNC(N)=O)C(N)=O. The molecule has 0 saturated carbocycles. The number of primary amides is 2. The highest BCUT2D eigenvalue weighted by Gasteiger charge is 2.39. The second kappa shape index (κ2) is 18.0. The van der Waals surface area contributed by atoms with Crippen LogP contribution in [0.25, 0.3) is 10.9 Å². The van der Waals surface area contributed by atoms with Gasteiger partial charge in [-0.15, -0.1) is 11.6 Å². The van der Waals surface area contributed by atoms with E-state index in [9.17, 15) is 28.8 Å². The van der Waals surface area contributed by atoms with Gasteiger partial charge in [0.2, 0.25) is 29.5 Å². The largest absolute Gasteiger partial charge is 0.368 e. The number of halogens is 1. The number of piperidine rings is 1. The predicted molar refractivity (Wildman–Crippen MR) is 189 cm³/mol. The molecule has 0 spiro atoms. The van der Waals surface area contributed by atoms with Crippen LogP contribution < -0.4 is 27.4 Å². The van der Waals surface area contributed by atoms with Crippen LogP contribution in [0.5, 0.6) is 0 Å². The zero-order valence-electron chi connectivity index (χ0n) is 28.0. The maximum atomic E-state index is 14.2. The number of hydrogen-bond acceptors (Lipinski definition) is 6. The topological polar surface area (TPSA) is 213 Å². The summed E-state index contributed by atoms with van der Waals surface area (Å²) in [5.41, 5.74) is 13.2. The number of carbonyl (C=O) groups excluding carboxylic acids is 6. The Labute approximate surface area is 295 Å². The van der Waals surface area contributed by atoms with Crippen molar-refractivity contribution >= 4 is 58.1 Å². The maximum Gasteiger partial charge on any atom is 0.312 e. The molecule has 2 aromatic carbocycles. The molecular weight excluding hydrogens is 664 g/mol. The molecule has 2 heterocycles. The third-order valence-electron chi connectivity index (χ3n) is 8.98. The number of likely N-dealkylation sites (N-methyl/N-ethyl adjacent to an activating group) is 1. The monoisotopic (exact) mass is 708 g/mol. The summed E-state index contributed by atoms with van der Waals surface area (Å²) in [5, 5.41) is 8.82. The van der Waals surface area contributed by atoms with Gasteiger partial charge in [0.05, 0.1) is 0 Å². The van der Waals surface area contributed by atoms with E-state index in [1.165, 1.54) is 16.8 Å². The number of nitrogens with two attached hydrogens (primary N) is 2. The summed E-state index contributed by atoms with van der Waals surface area (Å²) in [4.78, 5) is 84.2. The normalized spacial score (nSPS) is 16.1. The van der Waals surface area contributed by atoms with Gasteiger partial charge in [-0.25, -0.2) is 4.79 Å². The molecule has 50 heavy (non-hydrogen) atoms. The van der Waals surface area contributed by atoms with Crippen LogP contribution in [0.4, 0.5) is 4.79 Å². The molecule has 3 aromatic rings. The molecule has 0 radical (unpaired) electrons. The Kier molecular flexibility index (Phi) is 13.6. The van der Waals surface area contributed by atoms with E-state index < -0.39 is 59.7 Å². The van der Waals surface area contributed by atoms with E-state index in [1.54, 1.807) is 6.20 Å². The summed E-state index contributed by atoms with van der Waals surface area (Å²) >= 11 is 5.88. The number of aromatic nitrogens is 1. The quantitative estimate of drug-likeness (QED) is 0.0953. The minimum Gasteiger partial charge on any atom is -0.368 e. The van der Waals surface area contributed by atoms with Gasteiger partial charge in [0, 0.05) is 50.1 Å². The van der Waals surface area contributed by atoms with Crippen molar-refractivity contribution < 1.29 is 28.8 Å². The van der Waals surface area contributed by atoms with Crippen molar-refractivity contribution in [2.75, 3.05) is 26.0 Å². The summed E-state index contributed by atoms with van der Waals surface area (Å²) < 4.78 is 0. The van der Waals surface area contributed by atoms with Gasteiger partial charge >= 0.3 is 6.03 Å². The van der Waals surface area contributed by atoms with Gasteiger partial charge in [0.25, 0.3) is 0 Å². The summed E-state index contributed by atoms with van der Waals surface area (Å²) in [6.45, 7) is 0.459. The van der Waals surface area contributed by atoms with Gasteiger partial charge in [-0.05, 0) is 49.3 Å². The second-order valence-corrected chi connectivity index (χ2v) is 12.7. The average Bonchev–Trinajstić information content (AvgIpc) is 3.53. The average molecular weight is 709 g/mol. The number of nitrogens with zero attached hydrogens (tertiary/aromatic N) is 2. The van der Waals surface area contributed by atoms with E-state index in [2.05, 4.69) is 20.9 Å². The molecule has 1 saturated heterocycles. The van der Waals surface area contributed by atoms with E-state index in [4.69, 9.17) is 23.1 Å². The molecule has 1 aliphatic heterocycles. The lowest BCUT2D eigenvalue weighted by Gasteiger charge is -2.39. The van der Waals surface area contributed by atoms with Crippen molar-refractivity contribution in [3.05, 3.63) is 71.9 Å². The molecule has 0 bridgehead atoms. The molecule has 4 atom stereocenters. The third-order valence-corrected chi connectivity index (χ3v) is 9.21. The number of fused-ring (bicyclic) bond motifs is 1. The van der Waals surface area contributed by atoms with Gasteiger partial charge in [0.1, 0.15) is 30.0 Å². The van der Waals surface area contributed by atoms with Crippen LogP contribution in [-0.4, -0.2) is 101 Å². The Balaban J connectivity index is 1.58. The van der Waals surface area contributed by atoms with Crippen LogP contribution in [-0.2, 0) is 36.8 Å². The molecule has 1 fully saturated rings. The highest BCUT2D eigenvalue weighted by Crippen LogP contribution is 2.23. The molecule has 7 amide bonds.